The second-order valence-corrected chi connectivity index (χ2v) is 4.83. The highest BCUT2D eigenvalue weighted by molar-refractivity contribution is 9.10. The molecule has 0 spiro atoms. The number of rotatable bonds is 4. The molecule has 0 aliphatic heterocycles. The van der Waals surface area contributed by atoms with Gasteiger partial charge in [0.05, 0.1) is 10.0 Å². The van der Waals surface area contributed by atoms with Crippen molar-refractivity contribution in [3.63, 3.8) is 0 Å². The summed E-state index contributed by atoms with van der Waals surface area (Å²) in [6.45, 7) is 0.505. The molecule has 0 aliphatic rings. The normalized spacial score (nSPS) is 10.0. The number of nitrogens with one attached hydrogen (secondary N) is 2. The first-order chi connectivity index (χ1) is 9.20. The molecule has 0 aliphatic carbocycles. The summed E-state index contributed by atoms with van der Waals surface area (Å²) in [6.07, 6.45) is 1.55. The average molecular weight is 320 g/mol. The van der Waals surface area contributed by atoms with Crippen LogP contribution in [0.2, 0.25) is 0 Å². The van der Waals surface area contributed by atoms with Crippen LogP contribution >= 0.6 is 15.9 Å². The maximum Gasteiger partial charge on any atom is 0.253 e. The number of anilines is 1. The third-order valence-electron chi connectivity index (χ3n) is 2.64. The van der Waals surface area contributed by atoms with Gasteiger partial charge in [-0.15, -0.1) is 0 Å². The van der Waals surface area contributed by atoms with Gasteiger partial charge in [-0.1, -0.05) is 30.3 Å². The summed E-state index contributed by atoms with van der Waals surface area (Å²) in [6, 6.07) is 11.5. The molecule has 0 radical (unpaired) electrons. The van der Waals surface area contributed by atoms with E-state index in [0.717, 1.165) is 10.0 Å². The molecule has 2 aromatic rings. The minimum atomic E-state index is -0.139. The topological polar surface area (TPSA) is 54.0 Å². The van der Waals surface area contributed by atoms with Crippen molar-refractivity contribution < 1.29 is 4.79 Å². The van der Waals surface area contributed by atoms with Crippen LogP contribution in [-0.4, -0.2) is 17.9 Å². The van der Waals surface area contributed by atoms with E-state index in [0.29, 0.717) is 17.9 Å². The summed E-state index contributed by atoms with van der Waals surface area (Å²) < 4.78 is 0.766. The van der Waals surface area contributed by atoms with Crippen LogP contribution in [0.5, 0.6) is 0 Å². The van der Waals surface area contributed by atoms with Gasteiger partial charge in [-0.25, -0.2) is 4.98 Å². The number of pyridine rings is 1. The number of halogens is 1. The fourth-order valence-electron chi connectivity index (χ4n) is 1.63. The first-order valence-corrected chi connectivity index (χ1v) is 6.65. The van der Waals surface area contributed by atoms with Crippen molar-refractivity contribution in [2.75, 3.05) is 12.4 Å². The fourth-order valence-corrected chi connectivity index (χ4v) is 2.17. The molecule has 1 heterocycles. The van der Waals surface area contributed by atoms with Gasteiger partial charge in [0.1, 0.15) is 5.82 Å². The molecule has 19 heavy (non-hydrogen) atoms. The lowest BCUT2D eigenvalue weighted by Gasteiger charge is -2.07. The van der Waals surface area contributed by atoms with E-state index < -0.39 is 0 Å². The van der Waals surface area contributed by atoms with E-state index in [1.54, 1.807) is 19.3 Å². The Kier molecular flexibility index (Phi) is 4.52. The van der Waals surface area contributed by atoms with E-state index in [4.69, 9.17) is 0 Å². The molecule has 0 fully saturated rings. The molecule has 0 saturated carbocycles. The second kappa shape index (κ2) is 6.33. The largest absolute Gasteiger partial charge is 0.372 e. The van der Waals surface area contributed by atoms with Crippen molar-refractivity contribution in [3.8, 4) is 0 Å². The van der Waals surface area contributed by atoms with Crippen molar-refractivity contribution in [2.24, 2.45) is 0 Å². The number of hydrogen-bond acceptors (Lipinski definition) is 3. The van der Waals surface area contributed by atoms with Crippen LogP contribution < -0.4 is 10.6 Å². The predicted octanol–water partition coefficient (Wildman–Crippen LogP) is 2.82. The SMILES string of the molecule is CNc1ncc(C(=O)NCc2ccccc2)cc1Br. The zero-order valence-corrected chi connectivity index (χ0v) is 12.1. The standard InChI is InChI=1S/C14H14BrN3O/c1-16-13-12(15)7-11(9-17-13)14(19)18-8-10-5-3-2-4-6-10/h2-7,9H,8H2,1H3,(H,16,17)(H,18,19). The van der Waals surface area contributed by atoms with E-state index in [1.807, 2.05) is 30.3 Å². The number of carbonyl (C=O) groups is 1. The molecule has 0 atom stereocenters. The van der Waals surface area contributed by atoms with Gasteiger partial charge in [0.25, 0.3) is 5.91 Å². The highest BCUT2D eigenvalue weighted by Gasteiger charge is 2.08. The lowest BCUT2D eigenvalue weighted by Crippen LogP contribution is -2.23. The number of hydrogen-bond donors (Lipinski definition) is 2. The highest BCUT2D eigenvalue weighted by atomic mass is 79.9. The van der Waals surface area contributed by atoms with Crippen molar-refractivity contribution in [3.05, 3.63) is 58.2 Å². The average Bonchev–Trinajstić information content (AvgIpc) is 2.45. The third kappa shape index (κ3) is 3.54. The van der Waals surface area contributed by atoms with E-state index >= 15 is 0 Å². The van der Waals surface area contributed by atoms with Crippen LogP contribution in [0.3, 0.4) is 0 Å². The van der Waals surface area contributed by atoms with Crippen LogP contribution in [0, 0.1) is 0 Å². The maximum atomic E-state index is 12.0. The molecule has 1 amide bonds. The van der Waals surface area contributed by atoms with Crippen molar-refractivity contribution in [2.45, 2.75) is 6.54 Å². The molecule has 98 valence electrons. The third-order valence-corrected chi connectivity index (χ3v) is 3.24. The molecule has 4 nitrogen and oxygen atoms in total. The van der Waals surface area contributed by atoms with E-state index in [1.165, 1.54) is 0 Å². The predicted molar refractivity (Wildman–Crippen MR) is 79.1 cm³/mol. The summed E-state index contributed by atoms with van der Waals surface area (Å²) >= 11 is 3.37. The van der Waals surface area contributed by atoms with Crippen molar-refractivity contribution >= 4 is 27.7 Å². The monoisotopic (exact) mass is 319 g/mol. The lowest BCUT2D eigenvalue weighted by molar-refractivity contribution is 0.0950. The Morgan fingerprint density at radius 1 is 1.32 bits per heavy atom. The summed E-state index contributed by atoms with van der Waals surface area (Å²) in [4.78, 5) is 16.1. The van der Waals surface area contributed by atoms with E-state index in [9.17, 15) is 4.79 Å². The first kappa shape index (κ1) is 13.5. The molecular formula is C14H14BrN3O. The quantitative estimate of drug-likeness (QED) is 0.911. The number of carbonyl (C=O) groups excluding carboxylic acids is 1. The summed E-state index contributed by atoms with van der Waals surface area (Å²) in [5.41, 5.74) is 1.59. The molecule has 1 aromatic heterocycles. The van der Waals surface area contributed by atoms with Crippen LogP contribution in [0.25, 0.3) is 0 Å². The Morgan fingerprint density at radius 3 is 2.68 bits per heavy atom. The van der Waals surface area contributed by atoms with Crippen LogP contribution in [0.1, 0.15) is 15.9 Å². The molecule has 0 unspecified atom stereocenters. The molecule has 1 aromatic carbocycles. The Morgan fingerprint density at radius 2 is 2.05 bits per heavy atom. The van der Waals surface area contributed by atoms with E-state index in [2.05, 4.69) is 31.5 Å². The van der Waals surface area contributed by atoms with Gasteiger partial charge >= 0.3 is 0 Å². The number of amides is 1. The van der Waals surface area contributed by atoms with Gasteiger partial charge in [0.15, 0.2) is 0 Å². The maximum absolute atomic E-state index is 12.0. The molecular weight excluding hydrogens is 306 g/mol. The Labute approximate surface area is 120 Å². The summed E-state index contributed by atoms with van der Waals surface area (Å²) in [7, 11) is 1.78. The van der Waals surface area contributed by atoms with Gasteiger partial charge in [-0.05, 0) is 27.6 Å². The number of nitrogens with zero attached hydrogens (tertiary/aromatic N) is 1. The Hall–Kier alpha value is -1.88. The Bertz CT molecular complexity index is 572. The first-order valence-electron chi connectivity index (χ1n) is 5.86. The van der Waals surface area contributed by atoms with Crippen LogP contribution in [0.4, 0.5) is 5.82 Å². The molecule has 2 rings (SSSR count). The molecule has 2 N–H and O–H groups in total. The van der Waals surface area contributed by atoms with Gasteiger partial charge in [-0.3, -0.25) is 4.79 Å². The van der Waals surface area contributed by atoms with Crippen molar-refractivity contribution in [1.82, 2.24) is 10.3 Å². The van der Waals surface area contributed by atoms with Crippen LogP contribution in [-0.2, 0) is 6.54 Å². The minimum absolute atomic E-state index is 0.139. The summed E-state index contributed by atoms with van der Waals surface area (Å²) in [5.74, 6) is 0.569. The van der Waals surface area contributed by atoms with Gasteiger partial charge < -0.3 is 10.6 Å². The zero-order valence-electron chi connectivity index (χ0n) is 10.5. The lowest BCUT2D eigenvalue weighted by atomic mass is 10.2. The molecule has 0 bridgehead atoms. The fraction of sp³-hybridized carbons (Fsp3) is 0.143. The number of aromatic nitrogens is 1. The molecule has 5 heteroatoms. The van der Waals surface area contributed by atoms with E-state index in [-0.39, 0.29) is 5.91 Å². The second-order valence-electron chi connectivity index (χ2n) is 3.97. The zero-order chi connectivity index (χ0) is 13.7. The molecule has 0 saturated heterocycles. The number of benzene rings is 1. The highest BCUT2D eigenvalue weighted by Crippen LogP contribution is 2.20. The summed E-state index contributed by atoms with van der Waals surface area (Å²) in [5, 5.41) is 5.79. The Balaban J connectivity index is 2.02. The van der Waals surface area contributed by atoms with Gasteiger partial charge in [-0.2, -0.15) is 0 Å². The van der Waals surface area contributed by atoms with Crippen LogP contribution in [0.15, 0.2) is 47.1 Å². The van der Waals surface area contributed by atoms with Gasteiger partial charge in [0.2, 0.25) is 0 Å². The van der Waals surface area contributed by atoms with Gasteiger partial charge in [0, 0.05) is 19.8 Å². The van der Waals surface area contributed by atoms with Crippen molar-refractivity contribution in [1.29, 1.82) is 0 Å². The smallest absolute Gasteiger partial charge is 0.253 e. The minimum Gasteiger partial charge on any atom is -0.372 e.